The van der Waals surface area contributed by atoms with Gasteiger partial charge in [0.2, 0.25) is 0 Å². The first-order valence-corrected chi connectivity index (χ1v) is 8.34. The van der Waals surface area contributed by atoms with E-state index in [1.807, 2.05) is 18.2 Å². The Bertz CT molecular complexity index is 864. The number of benzene rings is 1. The third kappa shape index (κ3) is 3.55. The number of ether oxygens (including phenoxy) is 2. The van der Waals surface area contributed by atoms with E-state index in [1.54, 1.807) is 14.2 Å². The Morgan fingerprint density at radius 2 is 2.04 bits per heavy atom. The van der Waals surface area contributed by atoms with E-state index in [-0.39, 0.29) is 17.3 Å². The van der Waals surface area contributed by atoms with E-state index in [0.29, 0.717) is 12.4 Å². The highest BCUT2D eigenvalue weighted by Crippen LogP contribution is 2.38. The highest BCUT2D eigenvalue weighted by atomic mass is 16.6. The maximum Gasteiger partial charge on any atom is 0.285 e. The maximum absolute atomic E-state index is 12.1. The minimum Gasteiger partial charge on any atom is -0.497 e. The lowest BCUT2D eigenvalue weighted by atomic mass is 10.0. The molecule has 0 unspecified atom stereocenters. The number of likely N-dealkylation sites (tertiary alicyclic amines) is 1. The zero-order chi connectivity index (χ0) is 18.7. The maximum atomic E-state index is 12.1. The fourth-order valence-electron chi connectivity index (χ4n) is 3.37. The van der Waals surface area contributed by atoms with Crippen LogP contribution in [0.3, 0.4) is 0 Å². The SMILES string of the molecule is COc1ccc([C@H]2CCCN2Cn2cc([N+](=O)[O-])ccc2=O)c(OC)c1. The van der Waals surface area contributed by atoms with Gasteiger partial charge in [0, 0.05) is 36.3 Å². The van der Waals surface area contributed by atoms with Crippen LogP contribution in [0.15, 0.2) is 41.3 Å². The molecular weight excluding hydrogens is 338 g/mol. The molecule has 0 saturated carbocycles. The van der Waals surface area contributed by atoms with Crippen molar-refractivity contribution in [3.05, 3.63) is 62.6 Å². The number of pyridine rings is 1. The van der Waals surface area contributed by atoms with Crippen LogP contribution < -0.4 is 15.0 Å². The minimum absolute atomic E-state index is 0.0713. The van der Waals surface area contributed by atoms with Gasteiger partial charge in [-0.25, -0.2) is 0 Å². The van der Waals surface area contributed by atoms with E-state index in [9.17, 15) is 14.9 Å². The molecule has 1 aromatic carbocycles. The number of rotatable bonds is 6. The molecule has 0 amide bonds. The average molecular weight is 359 g/mol. The van der Waals surface area contributed by atoms with Crippen LogP contribution in [0.25, 0.3) is 0 Å². The topological polar surface area (TPSA) is 86.8 Å². The molecule has 26 heavy (non-hydrogen) atoms. The molecule has 0 aliphatic carbocycles. The second-order valence-corrected chi connectivity index (χ2v) is 6.17. The van der Waals surface area contributed by atoms with Gasteiger partial charge in [-0.15, -0.1) is 0 Å². The highest BCUT2D eigenvalue weighted by Gasteiger charge is 2.29. The molecular formula is C18H21N3O5. The van der Waals surface area contributed by atoms with Crippen molar-refractivity contribution in [2.75, 3.05) is 20.8 Å². The van der Waals surface area contributed by atoms with E-state index in [0.717, 1.165) is 30.7 Å². The van der Waals surface area contributed by atoms with Gasteiger partial charge in [0.1, 0.15) is 11.5 Å². The largest absolute Gasteiger partial charge is 0.497 e. The van der Waals surface area contributed by atoms with Gasteiger partial charge < -0.3 is 9.47 Å². The second-order valence-electron chi connectivity index (χ2n) is 6.17. The summed E-state index contributed by atoms with van der Waals surface area (Å²) in [6.07, 6.45) is 3.19. The smallest absolute Gasteiger partial charge is 0.285 e. The third-order valence-electron chi connectivity index (χ3n) is 4.68. The molecule has 1 aliphatic heterocycles. The zero-order valence-corrected chi connectivity index (χ0v) is 14.8. The molecule has 0 bridgehead atoms. The van der Waals surface area contributed by atoms with Crippen LogP contribution in [0.2, 0.25) is 0 Å². The van der Waals surface area contributed by atoms with Gasteiger partial charge >= 0.3 is 0 Å². The Morgan fingerprint density at radius 1 is 1.23 bits per heavy atom. The first-order valence-electron chi connectivity index (χ1n) is 8.34. The molecule has 0 spiro atoms. The summed E-state index contributed by atoms with van der Waals surface area (Å²) in [4.78, 5) is 24.7. The molecule has 1 aliphatic rings. The summed E-state index contributed by atoms with van der Waals surface area (Å²) in [7, 11) is 3.22. The van der Waals surface area contributed by atoms with Gasteiger partial charge in [-0.05, 0) is 18.9 Å². The zero-order valence-electron chi connectivity index (χ0n) is 14.8. The molecule has 1 saturated heterocycles. The third-order valence-corrected chi connectivity index (χ3v) is 4.68. The first-order chi connectivity index (χ1) is 12.5. The molecule has 2 aromatic rings. The van der Waals surface area contributed by atoms with Crippen molar-refractivity contribution in [1.29, 1.82) is 0 Å². The van der Waals surface area contributed by atoms with Gasteiger partial charge in [0.05, 0.1) is 32.0 Å². The van der Waals surface area contributed by atoms with Crippen LogP contribution in [0.4, 0.5) is 5.69 Å². The van der Waals surface area contributed by atoms with E-state index < -0.39 is 4.92 Å². The number of hydrogen-bond donors (Lipinski definition) is 0. The molecule has 138 valence electrons. The molecule has 2 heterocycles. The van der Waals surface area contributed by atoms with Gasteiger partial charge in [-0.3, -0.25) is 24.4 Å². The van der Waals surface area contributed by atoms with Crippen molar-refractivity contribution >= 4 is 5.69 Å². The van der Waals surface area contributed by atoms with Crippen molar-refractivity contribution < 1.29 is 14.4 Å². The van der Waals surface area contributed by atoms with E-state index >= 15 is 0 Å². The Kier molecular flexibility index (Phi) is 5.22. The van der Waals surface area contributed by atoms with E-state index in [1.165, 1.54) is 22.9 Å². The van der Waals surface area contributed by atoms with Crippen LogP contribution in [0.5, 0.6) is 11.5 Å². The Hall–Kier alpha value is -2.87. The average Bonchev–Trinajstić information content (AvgIpc) is 3.10. The summed E-state index contributed by atoms with van der Waals surface area (Å²) in [5, 5.41) is 11.0. The molecule has 0 radical (unpaired) electrons. The Balaban J connectivity index is 1.89. The molecule has 1 fully saturated rings. The Labute approximate surface area is 150 Å². The molecule has 3 rings (SSSR count). The fraction of sp³-hybridized carbons (Fsp3) is 0.389. The summed E-state index contributed by atoms with van der Waals surface area (Å²) in [6, 6.07) is 8.22. The fourth-order valence-corrected chi connectivity index (χ4v) is 3.37. The first kappa shape index (κ1) is 17.9. The number of hydrogen-bond acceptors (Lipinski definition) is 6. The van der Waals surface area contributed by atoms with E-state index in [4.69, 9.17) is 9.47 Å². The minimum atomic E-state index is -0.496. The molecule has 1 atom stereocenters. The van der Waals surface area contributed by atoms with Gasteiger partial charge in [-0.1, -0.05) is 6.07 Å². The van der Waals surface area contributed by atoms with Crippen molar-refractivity contribution in [3.8, 4) is 11.5 Å². The predicted octanol–water partition coefficient (Wildman–Crippen LogP) is 2.57. The highest BCUT2D eigenvalue weighted by molar-refractivity contribution is 5.42. The van der Waals surface area contributed by atoms with Crippen molar-refractivity contribution in [1.82, 2.24) is 9.47 Å². The van der Waals surface area contributed by atoms with Crippen LogP contribution >= 0.6 is 0 Å². The summed E-state index contributed by atoms with van der Waals surface area (Å²) >= 11 is 0. The van der Waals surface area contributed by atoms with Crippen molar-refractivity contribution in [3.63, 3.8) is 0 Å². The lowest BCUT2D eigenvalue weighted by Crippen LogP contribution is -2.31. The van der Waals surface area contributed by atoms with Gasteiger partial charge in [0.15, 0.2) is 0 Å². The lowest BCUT2D eigenvalue weighted by Gasteiger charge is -2.26. The summed E-state index contributed by atoms with van der Waals surface area (Å²) < 4.78 is 12.1. The van der Waals surface area contributed by atoms with Crippen LogP contribution in [-0.2, 0) is 6.67 Å². The van der Waals surface area contributed by atoms with Crippen LogP contribution in [0.1, 0.15) is 24.4 Å². The number of aromatic nitrogens is 1. The van der Waals surface area contributed by atoms with E-state index in [2.05, 4.69) is 4.90 Å². The molecule has 1 aromatic heterocycles. The normalized spacial score (nSPS) is 17.2. The Morgan fingerprint density at radius 3 is 2.73 bits per heavy atom. The standard InChI is InChI=1S/C18H21N3O5/c1-25-14-6-7-15(17(10-14)26-2)16-4-3-9-19(16)12-20-11-13(21(23)24)5-8-18(20)22/h5-8,10-11,16H,3-4,9,12H2,1-2H3/t16-/m1/s1. The summed E-state index contributed by atoms with van der Waals surface area (Å²) in [5.74, 6) is 1.44. The molecule has 0 N–H and O–H groups in total. The van der Waals surface area contributed by atoms with Crippen LogP contribution in [0, 0.1) is 10.1 Å². The van der Waals surface area contributed by atoms with Crippen molar-refractivity contribution in [2.45, 2.75) is 25.6 Å². The number of nitrogens with zero attached hydrogens (tertiary/aromatic N) is 3. The number of nitro groups is 1. The van der Waals surface area contributed by atoms with Crippen LogP contribution in [-0.4, -0.2) is 35.2 Å². The molecule has 8 heteroatoms. The summed E-state index contributed by atoms with van der Waals surface area (Å²) in [5.41, 5.74) is 0.662. The van der Waals surface area contributed by atoms with Gasteiger partial charge in [0.25, 0.3) is 11.2 Å². The number of methoxy groups -OCH3 is 2. The monoisotopic (exact) mass is 359 g/mol. The predicted molar refractivity (Wildman–Crippen MR) is 95.6 cm³/mol. The molecule has 8 nitrogen and oxygen atoms in total. The summed E-state index contributed by atoms with van der Waals surface area (Å²) in [6.45, 7) is 1.09. The van der Waals surface area contributed by atoms with Gasteiger partial charge in [-0.2, -0.15) is 0 Å². The van der Waals surface area contributed by atoms with Crippen molar-refractivity contribution in [2.24, 2.45) is 0 Å². The quantitative estimate of drug-likeness (QED) is 0.582. The lowest BCUT2D eigenvalue weighted by molar-refractivity contribution is -0.385. The second kappa shape index (κ2) is 7.57.